The van der Waals surface area contributed by atoms with Gasteiger partial charge in [0.15, 0.2) is 0 Å². The van der Waals surface area contributed by atoms with Crippen molar-refractivity contribution in [2.45, 2.75) is 33.1 Å². The smallest absolute Gasteiger partial charge is 0.126 e. The lowest BCUT2D eigenvalue weighted by atomic mass is 9.86. The molecule has 0 spiro atoms. The Kier molecular flexibility index (Phi) is 6.24. The van der Waals surface area contributed by atoms with Crippen molar-refractivity contribution in [3.8, 4) is 11.5 Å². The van der Waals surface area contributed by atoms with Gasteiger partial charge in [0.25, 0.3) is 0 Å². The van der Waals surface area contributed by atoms with E-state index in [2.05, 4.69) is 52.0 Å². The van der Waals surface area contributed by atoms with Crippen molar-refractivity contribution in [2.75, 3.05) is 5.90 Å². The largest absolute Gasteiger partial charge is 0.476 e. The molecule has 2 aromatic carbocycles. The molecule has 2 aromatic rings. The molecule has 0 aliphatic heterocycles. The molecule has 0 fully saturated rings. The van der Waals surface area contributed by atoms with Gasteiger partial charge in [0, 0.05) is 0 Å². The minimum atomic E-state index is 0.0982. The molecule has 0 amide bonds. The molecular formula is C18H24O2P2. The average molecular weight is 334 g/mol. The minimum absolute atomic E-state index is 0.0982. The summed E-state index contributed by atoms with van der Waals surface area (Å²) >= 11 is 0. The molecule has 0 saturated heterocycles. The standard InChI is InChI=1S/C18H24O2P2/c1-14-9-5-7-11-16(14)19-21-13-22-20-17-12-8-6-10-15(17)18(2,3)4/h5-12,21-22H,13H2,1-4H3. The number of aryl methyl sites for hydroxylation is 1. The van der Waals surface area contributed by atoms with Crippen LogP contribution in [0.3, 0.4) is 0 Å². The van der Waals surface area contributed by atoms with Gasteiger partial charge in [0.2, 0.25) is 0 Å². The minimum Gasteiger partial charge on any atom is -0.476 e. The molecule has 0 N–H and O–H groups in total. The van der Waals surface area contributed by atoms with E-state index in [1.807, 2.05) is 24.3 Å². The lowest BCUT2D eigenvalue weighted by Crippen LogP contribution is -2.11. The van der Waals surface area contributed by atoms with Gasteiger partial charge in [-0.15, -0.1) is 0 Å². The van der Waals surface area contributed by atoms with Gasteiger partial charge in [0.05, 0.1) is 23.5 Å². The summed E-state index contributed by atoms with van der Waals surface area (Å²) in [6.07, 6.45) is 0. The summed E-state index contributed by atoms with van der Waals surface area (Å²) in [4.78, 5) is 0. The van der Waals surface area contributed by atoms with Crippen LogP contribution >= 0.6 is 17.6 Å². The SMILES string of the molecule is Cc1ccccc1OPCPOc1ccccc1C(C)(C)C. The van der Waals surface area contributed by atoms with Crippen molar-refractivity contribution in [1.82, 2.24) is 0 Å². The van der Waals surface area contributed by atoms with Gasteiger partial charge in [-0.2, -0.15) is 0 Å². The zero-order chi connectivity index (χ0) is 16.0. The fourth-order valence-electron chi connectivity index (χ4n) is 2.10. The van der Waals surface area contributed by atoms with Crippen molar-refractivity contribution >= 4 is 17.6 Å². The fourth-order valence-corrected chi connectivity index (χ4v) is 3.63. The Bertz CT molecular complexity index is 606. The fraction of sp³-hybridized carbons (Fsp3) is 0.333. The zero-order valence-electron chi connectivity index (χ0n) is 13.6. The maximum Gasteiger partial charge on any atom is 0.126 e. The molecule has 0 heterocycles. The lowest BCUT2D eigenvalue weighted by Gasteiger charge is -2.22. The maximum atomic E-state index is 5.99. The van der Waals surface area contributed by atoms with Crippen molar-refractivity contribution in [3.05, 3.63) is 59.7 Å². The average Bonchev–Trinajstić information content (AvgIpc) is 2.48. The topological polar surface area (TPSA) is 18.5 Å². The van der Waals surface area contributed by atoms with E-state index in [1.54, 1.807) is 0 Å². The van der Waals surface area contributed by atoms with E-state index in [-0.39, 0.29) is 5.41 Å². The molecular weight excluding hydrogens is 310 g/mol. The normalized spacial score (nSPS) is 12.4. The van der Waals surface area contributed by atoms with Crippen LogP contribution < -0.4 is 9.05 Å². The molecule has 2 unspecified atom stereocenters. The first-order valence-corrected chi connectivity index (χ1v) is 9.66. The number of hydrogen-bond donors (Lipinski definition) is 0. The van der Waals surface area contributed by atoms with Crippen LogP contribution in [-0.2, 0) is 5.41 Å². The Morgan fingerprint density at radius 2 is 1.36 bits per heavy atom. The van der Waals surface area contributed by atoms with Crippen LogP contribution in [0.25, 0.3) is 0 Å². The highest BCUT2D eigenvalue weighted by Gasteiger charge is 2.18. The second kappa shape index (κ2) is 7.95. The third-order valence-corrected chi connectivity index (χ3v) is 5.18. The Morgan fingerprint density at radius 3 is 2.00 bits per heavy atom. The second-order valence-corrected chi connectivity index (χ2v) is 8.58. The predicted molar refractivity (Wildman–Crippen MR) is 99.1 cm³/mol. The van der Waals surface area contributed by atoms with Gasteiger partial charge in [-0.25, -0.2) is 0 Å². The lowest BCUT2D eigenvalue weighted by molar-refractivity contribution is 0.542. The first kappa shape index (κ1) is 17.3. The van der Waals surface area contributed by atoms with E-state index < -0.39 is 0 Å². The van der Waals surface area contributed by atoms with Crippen LogP contribution in [0.4, 0.5) is 0 Å². The number of hydrogen-bond acceptors (Lipinski definition) is 2. The molecule has 0 saturated carbocycles. The highest BCUT2D eigenvalue weighted by molar-refractivity contribution is 7.51. The van der Waals surface area contributed by atoms with E-state index in [1.165, 1.54) is 11.1 Å². The monoisotopic (exact) mass is 334 g/mol. The molecule has 0 aliphatic rings. The summed E-state index contributed by atoms with van der Waals surface area (Å²) in [5.41, 5.74) is 2.53. The van der Waals surface area contributed by atoms with Crippen molar-refractivity contribution in [3.63, 3.8) is 0 Å². The Balaban J connectivity index is 1.82. The first-order valence-electron chi connectivity index (χ1n) is 7.43. The molecule has 0 radical (unpaired) electrons. The van der Waals surface area contributed by atoms with Crippen molar-refractivity contribution < 1.29 is 9.05 Å². The van der Waals surface area contributed by atoms with Crippen LogP contribution in [-0.4, -0.2) is 5.90 Å². The molecule has 22 heavy (non-hydrogen) atoms. The molecule has 0 aliphatic carbocycles. The molecule has 0 aromatic heterocycles. The third kappa shape index (κ3) is 4.97. The summed E-state index contributed by atoms with van der Waals surface area (Å²) < 4.78 is 11.8. The summed E-state index contributed by atoms with van der Waals surface area (Å²) in [6.45, 7) is 8.70. The van der Waals surface area contributed by atoms with Crippen molar-refractivity contribution in [2.24, 2.45) is 0 Å². The predicted octanol–water partition coefficient (Wildman–Crippen LogP) is 5.89. The summed E-state index contributed by atoms with van der Waals surface area (Å²) in [5, 5.41) is 0. The van der Waals surface area contributed by atoms with Crippen LogP contribution in [0.5, 0.6) is 11.5 Å². The van der Waals surface area contributed by atoms with Gasteiger partial charge < -0.3 is 9.05 Å². The number of para-hydroxylation sites is 2. The molecule has 2 rings (SSSR count). The summed E-state index contributed by atoms with van der Waals surface area (Å²) in [5.74, 6) is 2.89. The number of benzene rings is 2. The Labute approximate surface area is 137 Å². The van der Waals surface area contributed by atoms with Gasteiger partial charge in [0.1, 0.15) is 11.5 Å². The summed E-state index contributed by atoms with van der Waals surface area (Å²) in [6, 6.07) is 16.4. The molecule has 0 bridgehead atoms. The van der Waals surface area contributed by atoms with E-state index in [0.717, 1.165) is 17.4 Å². The van der Waals surface area contributed by atoms with Crippen LogP contribution in [0.2, 0.25) is 0 Å². The first-order chi connectivity index (χ1) is 10.5. The van der Waals surface area contributed by atoms with Gasteiger partial charge in [-0.05, 0) is 35.6 Å². The Morgan fingerprint density at radius 1 is 0.818 bits per heavy atom. The van der Waals surface area contributed by atoms with Gasteiger partial charge in [-0.1, -0.05) is 57.2 Å². The van der Waals surface area contributed by atoms with Gasteiger partial charge in [-0.3, -0.25) is 0 Å². The van der Waals surface area contributed by atoms with E-state index in [4.69, 9.17) is 9.05 Å². The van der Waals surface area contributed by atoms with E-state index >= 15 is 0 Å². The van der Waals surface area contributed by atoms with Gasteiger partial charge >= 0.3 is 0 Å². The van der Waals surface area contributed by atoms with Crippen molar-refractivity contribution in [1.29, 1.82) is 0 Å². The third-order valence-electron chi connectivity index (χ3n) is 3.30. The quantitative estimate of drug-likeness (QED) is 0.484. The van der Waals surface area contributed by atoms with Crippen LogP contribution in [0.15, 0.2) is 48.5 Å². The van der Waals surface area contributed by atoms with E-state index in [9.17, 15) is 0 Å². The maximum absolute atomic E-state index is 5.99. The van der Waals surface area contributed by atoms with Crippen LogP contribution in [0.1, 0.15) is 31.9 Å². The Hall–Kier alpha value is -1.10. The highest BCUT2D eigenvalue weighted by atomic mass is 31.1. The number of rotatable bonds is 6. The second-order valence-electron chi connectivity index (χ2n) is 6.18. The molecule has 4 heteroatoms. The molecule has 2 nitrogen and oxygen atoms in total. The van der Waals surface area contributed by atoms with E-state index in [0.29, 0.717) is 17.6 Å². The van der Waals surface area contributed by atoms with Crippen LogP contribution in [0, 0.1) is 6.92 Å². The highest BCUT2D eigenvalue weighted by Crippen LogP contribution is 2.36. The zero-order valence-corrected chi connectivity index (χ0v) is 15.6. The molecule has 118 valence electrons. The molecule has 2 atom stereocenters. The summed E-state index contributed by atoms with van der Waals surface area (Å²) in [7, 11) is 0.850.